The Labute approximate surface area is 104 Å². The number of hydrogen-bond donors (Lipinski definition) is 1. The monoisotopic (exact) mass is 234 g/mol. The molecule has 1 aromatic heterocycles. The second-order valence-corrected chi connectivity index (χ2v) is 4.72. The zero-order valence-electron chi connectivity index (χ0n) is 10.8. The quantitative estimate of drug-likeness (QED) is 0.850. The molecule has 0 bridgehead atoms. The first-order chi connectivity index (χ1) is 8.29. The summed E-state index contributed by atoms with van der Waals surface area (Å²) in [5, 5.41) is 3.35. The maximum absolute atomic E-state index is 5.89. The number of hydrogen-bond acceptors (Lipinski definition) is 3. The Morgan fingerprint density at radius 2 is 2.18 bits per heavy atom. The second-order valence-electron chi connectivity index (χ2n) is 4.72. The maximum atomic E-state index is 5.89. The summed E-state index contributed by atoms with van der Waals surface area (Å²) in [5.74, 6) is 0.907. The van der Waals surface area contributed by atoms with Crippen LogP contribution in [0.4, 0.5) is 0 Å². The van der Waals surface area contributed by atoms with Crippen molar-refractivity contribution < 1.29 is 4.74 Å². The van der Waals surface area contributed by atoms with Crippen LogP contribution in [0.3, 0.4) is 0 Å². The minimum atomic E-state index is 0.306. The average Bonchev–Trinajstić information content (AvgIpc) is 2.83. The molecular weight excluding hydrogens is 212 g/mol. The lowest BCUT2D eigenvalue weighted by Gasteiger charge is -2.15. The van der Waals surface area contributed by atoms with Crippen molar-refractivity contribution in [2.45, 2.75) is 51.7 Å². The van der Waals surface area contributed by atoms with Crippen molar-refractivity contribution in [3.05, 3.63) is 24.0 Å². The molecule has 94 valence electrons. The van der Waals surface area contributed by atoms with Gasteiger partial charge < -0.3 is 10.1 Å². The molecule has 0 amide bonds. The van der Waals surface area contributed by atoms with E-state index in [1.54, 1.807) is 0 Å². The van der Waals surface area contributed by atoms with Gasteiger partial charge in [-0.25, -0.2) is 0 Å². The van der Waals surface area contributed by atoms with Crippen LogP contribution in [0.25, 0.3) is 0 Å². The van der Waals surface area contributed by atoms with E-state index in [-0.39, 0.29) is 0 Å². The minimum Gasteiger partial charge on any atom is -0.489 e. The van der Waals surface area contributed by atoms with Gasteiger partial charge in [-0.3, -0.25) is 4.98 Å². The Morgan fingerprint density at radius 3 is 2.76 bits per heavy atom. The number of ether oxygens (including phenoxy) is 1. The van der Waals surface area contributed by atoms with Crippen molar-refractivity contribution in [1.82, 2.24) is 10.3 Å². The molecule has 0 radical (unpaired) electrons. The molecule has 0 aliphatic heterocycles. The summed E-state index contributed by atoms with van der Waals surface area (Å²) in [4.78, 5) is 4.45. The van der Waals surface area contributed by atoms with Gasteiger partial charge >= 0.3 is 0 Å². The highest BCUT2D eigenvalue weighted by molar-refractivity contribution is 5.21. The average molecular weight is 234 g/mol. The highest BCUT2D eigenvalue weighted by Gasteiger charge is 2.16. The lowest BCUT2D eigenvalue weighted by Crippen LogP contribution is -2.18. The Hall–Kier alpha value is -1.09. The lowest BCUT2D eigenvalue weighted by molar-refractivity contribution is 0.209. The standard InChI is InChI=1S/C14H22N2O/c1-3-15-11(2)14-9-8-13(10-16-14)17-12-6-4-5-7-12/h8-12,15H,3-7H2,1-2H3. The van der Waals surface area contributed by atoms with Crippen LogP contribution in [0, 0.1) is 0 Å². The molecule has 1 fully saturated rings. The summed E-state index contributed by atoms with van der Waals surface area (Å²) < 4.78 is 5.89. The van der Waals surface area contributed by atoms with E-state index >= 15 is 0 Å². The number of aromatic nitrogens is 1. The van der Waals surface area contributed by atoms with E-state index in [0.717, 1.165) is 18.0 Å². The van der Waals surface area contributed by atoms with Crippen LogP contribution in [0.1, 0.15) is 51.3 Å². The molecule has 0 aromatic carbocycles. The summed E-state index contributed by atoms with van der Waals surface area (Å²) in [6, 6.07) is 4.40. The van der Waals surface area contributed by atoms with Crippen LogP contribution < -0.4 is 10.1 Å². The van der Waals surface area contributed by atoms with Gasteiger partial charge in [0.1, 0.15) is 5.75 Å². The summed E-state index contributed by atoms with van der Waals surface area (Å²) in [6.45, 7) is 5.20. The predicted octanol–water partition coefficient (Wildman–Crippen LogP) is 3.07. The molecule has 1 aromatic rings. The molecule has 1 unspecified atom stereocenters. The zero-order chi connectivity index (χ0) is 12.1. The van der Waals surface area contributed by atoms with E-state index in [1.165, 1.54) is 25.7 Å². The molecule has 1 atom stereocenters. The summed E-state index contributed by atoms with van der Waals surface area (Å²) in [5.41, 5.74) is 1.07. The summed E-state index contributed by atoms with van der Waals surface area (Å²) in [7, 11) is 0. The van der Waals surface area contributed by atoms with Crippen LogP contribution in [-0.2, 0) is 0 Å². The predicted molar refractivity (Wildman–Crippen MR) is 69.2 cm³/mol. The number of nitrogens with zero attached hydrogens (tertiary/aromatic N) is 1. The molecule has 17 heavy (non-hydrogen) atoms. The van der Waals surface area contributed by atoms with Gasteiger partial charge in [0.2, 0.25) is 0 Å². The number of nitrogens with one attached hydrogen (secondary N) is 1. The van der Waals surface area contributed by atoms with Gasteiger partial charge in [-0.1, -0.05) is 6.92 Å². The van der Waals surface area contributed by atoms with Crippen LogP contribution in [0.15, 0.2) is 18.3 Å². The molecule has 1 aliphatic carbocycles. The molecule has 1 saturated carbocycles. The van der Waals surface area contributed by atoms with Crippen molar-refractivity contribution in [2.75, 3.05) is 6.54 Å². The first kappa shape index (κ1) is 12.4. The molecule has 0 saturated heterocycles. The van der Waals surface area contributed by atoms with Crippen LogP contribution >= 0.6 is 0 Å². The fourth-order valence-electron chi connectivity index (χ4n) is 2.33. The zero-order valence-corrected chi connectivity index (χ0v) is 10.8. The molecule has 3 heteroatoms. The van der Waals surface area contributed by atoms with Crippen molar-refractivity contribution in [3.63, 3.8) is 0 Å². The van der Waals surface area contributed by atoms with Gasteiger partial charge in [0.15, 0.2) is 0 Å². The second kappa shape index (κ2) is 6.01. The van der Waals surface area contributed by atoms with E-state index in [1.807, 2.05) is 12.3 Å². The Bertz CT molecular complexity index is 331. The van der Waals surface area contributed by atoms with E-state index in [2.05, 4.69) is 30.2 Å². The Kier molecular flexibility index (Phi) is 4.37. The first-order valence-corrected chi connectivity index (χ1v) is 6.65. The fourth-order valence-corrected chi connectivity index (χ4v) is 2.33. The third kappa shape index (κ3) is 3.43. The van der Waals surface area contributed by atoms with E-state index < -0.39 is 0 Å². The molecular formula is C14H22N2O. The Balaban J connectivity index is 1.92. The van der Waals surface area contributed by atoms with Gasteiger partial charge in [-0.05, 0) is 51.3 Å². The van der Waals surface area contributed by atoms with Crippen molar-refractivity contribution in [1.29, 1.82) is 0 Å². The van der Waals surface area contributed by atoms with Gasteiger partial charge in [0.25, 0.3) is 0 Å². The topological polar surface area (TPSA) is 34.1 Å². The number of pyridine rings is 1. The maximum Gasteiger partial charge on any atom is 0.138 e. The number of rotatable bonds is 5. The van der Waals surface area contributed by atoms with Crippen LogP contribution in [-0.4, -0.2) is 17.6 Å². The van der Waals surface area contributed by atoms with Crippen molar-refractivity contribution >= 4 is 0 Å². The summed E-state index contributed by atoms with van der Waals surface area (Å²) >= 11 is 0. The van der Waals surface area contributed by atoms with Gasteiger partial charge in [0, 0.05) is 6.04 Å². The molecule has 2 rings (SSSR count). The van der Waals surface area contributed by atoms with E-state index in [0.29, 0.717) is 12.1 Å². The normalized spacial score (nSPS) is 18.2. The Morgan fingerprint density at radius 1 is 1.41 bits per heavy atom. The lowest BCUT2D eigenvalue weighted by atomic mass is 10.2. The van der Waals surface area contributed by atoms with Gasteiger partial charge in [-0.15, -0.1) is 0 Å². The molecule has 3 nitrogen and oxygen atoms in total. The molecule has 1 N–H and O–H groups in total. The third-order valence-corrected chi connectivity index (χ3v) is 3.32. The van der Waals surface area contributed by atoms with Crippen molar-refractivity contribution in [2.24, 2.45) is 0 Å². The molecule has 0 spiro atoms. The van der Waals surface area contributed by atoms with E-state index in [4.69, 9.17) is 4.74 Å². The molecule has 1 aliphatic rings. The fraction of sp³-hybridized carbons (Fsp3) is 0.643. The van der Waals surface area contributed by atoms with Gasteiger partial charge in [0.05, 0.1) is 18.0 Å². The highest BCUT2D eigenvalue weighted by Crippen LogP contribution is 2.24. The summed E-state index contributed by atoms with van der Waals surface area (Å²) in [6.07, 6.45) is 7.24. The van der Waals surface area contributed by atoms with Crippen molar-refractivity contribution in [3.8, 4) is 5.75 Å². The SMILES string of the molecule is CCNC(C)c1ccc(OC2CCCC2)cn1. The first-order valence-electron chi connectivity index (χ1n) is 6.65. The minimum absolute atomic E-state index is 0.306. The largest absolute Gasteiger partial charge is 0.489 e. The smallest absolute Gasteiger partial charge is 0.138 e. The van der Waals surface area contributed by atoms with Crippen LogP contribution in [0.2, 0.25) is 0 Å². The third-order valence-electron chi connectivity index (χ3n) is 3.32. The van der Waals surface area contributed by atoms with Crippen LogP contribution in [0.5, 0.6) is 5.75 Å². The van der Waals surface area contributed by atoms with Gasteiger partial charge in [-0.2, -0.15) is 0 Å². The van der Waals surface area contributed by atoms with E-state index in [9.17, 15) is 0 Å². The molecule has 1 heterocycles. The highest BCUT2D eigenvalue weighted by atomic mass is 16.5.